The van der Waals surface area contributed by atoms with E-state index in [-0.39, 0.29) is 17.3 Å². The molecule has 1 heterocycles. The summed E-state index contributed by atoms with van der Waals surface area (Å²) in [6.45, 7) is 11.1. The molecule has 4 aromatic rings. The second-order valence-corrected chi connectivity index (χ2v) is 17.5. The first-order valence-corrected chi connectivity index (χ1v) is 21.5. The number of hydrogen-bond acceptors (Lipinski definition) is 8. The SMILES string of the molecule is C=C1/C(=C\C=C2/CCC[C@]3(C)[C@@H]([C@H](C)/C=C/[C@H](OC(=O)c4ccccc4)C4(c5nc(C)co5)CC4)CC[C@@H]23)C[C@@H](OC(=O)c2ccccc2)C[C@@H]1OC(=O)c1ccccc1. The van der Waals surface area contributed by atoms with E-state index in [9.17, 15) is 14.4 Å². The highest BCUT2D eigenvalue weighted by atomic mass is 16.6. The van der Waals surface area contributed by atoms with Crippen LogP contribution in [0.3, 0.4) is 0 Å². The smallest absolute Gasteiger partial charge is 0.338 e. The topological polar surface area (TPSA) is 105 Å². The van der Waals surface area contributed by atoms with Crippen molar-refractivity contribution in [3.05, 3.63) is 173 Å². The van der Waals surface area contributed by atoms with E-state index in [2.05, 4.69) is 49.7 Å². The standard InChI is InChI=1S/C52H55NO7/c1-34(22-27-46(60-49(56)40-19-12-7-13-20-40)52(29-30-52)50-53-35(2)33-57-50)43-25-26-44-37(21-14-28-51(43,44)4)23-24-41-31-42(58-47(54)38-15-8-5-9-16-38)32-45(36(41)3)59-48(55)39-17-10-6-11-18-39/h5-13,15-20,22-24,27,33-34,42-46H,3,14,21,25-26,28-32H2,1-2,4H3/b27-22+,37-23+,41-24-/t34-,42-,43-,44+,45+,46+,51-/m1/s1. The highest BCUT2D eigenvalue weighted by Crippen LogP contribution is 2.60. The lowest BCUT2D eigenvalue weighted by molar-refractivity contribution is 0.00211. The van der Waals surface area contributed by atoms with Crippen LogP contribution >= 0.6 is 0 Å². The predicted octanol–water partition coefficient (Wildman–Crippen LogP) is 11.3. The van der Waals surface area contributed by atoms with Gasteiger partial charge >= 0.3 is 17.9 Å². The molecule has 4 saturated carbocycles. The molecular weight excluding hydrogens is 751 g/mol. The molecule has 310 valence electrons. The quantitative estimate of drug-likeness (QED) is 0.0792. The van der Waals surface area contributed by atoms with Gasteiger partial charge in [-0.3, -0.25) is 0 Å². The summed E-state index contributed by atoms with van der Waals surface area (Å²) in [4.78, 5) is 44.5. The second kappa shape index (κ2) is 17.5. The van der Waals surface area contributed by atoms with Crippen LogP contribution in [0.1, 0.15) is 114 Å². The lowest BCUT2D eigenvalue weighted by Gasteiger charge is -2.44. The van der Waals surface area contributed by atoms with E-state index < -0.39 is 35.7 Å². The summed E-state index contributed by atoms with van der Waals surface area (Å²) in [6.07, 6.45) is 16.8. The molecule has 4 aliphatic carbocycles. The van der Waals surface area contributed by atoms with Gasteiger partial charge in [0.25, 0.3) is 0 Å². The molecule has 1 aromatic heterocycles. The van der Waals surface area contributed by atoms with Crippen molar-refractivity contribution in [2.75, 3.05) is 0 Å². The summed E-state index contributed by atoms with van der Waals surface area (Å²) < 4.78 is 24.3. The number of ether oxygens (including phenoxy) is 3. The lowest BCUT2D eigenvalue weighted by atomic mass is 9.61. The van der Waals surface area contributed by atoms with E-state index in [0.29, 0.717) is 47.3 Å². The maximum atomic E-state index is 13.4. The van der Waals surface area contributed by atoms with Crippen LogP contribution in [0.25, 0.3) is 0 Å². The number of esters is 3. The molecule has 0 N–H and O–H groups in total. The Morgan fingerprint density at radius 3 is 2.03 bits per heavy atom. The van der Waals surface area contributed by atoms with Crippen molar-refractivity contribution in [2.45, 2.75) is 102 Å². The Bertz CT molecular complexity index is 2290. The molecule has 3 aromatic carbocycles. The van der Waals surface area contributed by atoms with Crippen molar-refractivity contribution >= 4 is 17.9 Å². The molecule has 7 atom stereocenters. The van der Waals surface area contributed by atoms with E-state index >= 15 is 0 Å². The highest BCUT2D eigenvalue weighted by molar-refractivity contribution is 5.90. The molecule has 0 bridgehead atoms. The Morgan fingerprint density at radius 2 is 1.43 bits per heavy atom. The fourth-order valence-corrected chi connectivity index (χ4v) is 10.2. The first-order chi connectivity index (χ1) is 29.0. The molecule has 0 unspecified atom stereocenters. The van der Waals surface area contributed by atoms with Gasteiger partial charge in [0.05, 0.1) is 27.8 Å². The molecule has 0 aliphatic heterocycles. The zero-order valence-electron chi connectivity index (χ0n) is 34.9. The van der Waals surface area contributed by atoms with Gasteiger partial charge in [-0.15, -0.1) is 0 Å². The number of fused-ring (bicyclic) bond motifs is 1. The van der Waals surface area contributed by atoms with Crippen LogP contribution in [0, 0.1) is 30.1 Å². The summed E-state index contributed by atoms with van der Waals surface area (Å²) in [7, 11) is 0. The number of aromatic nitrogens is 1. The molecule has 60 heavy (non-hydrogen) atoms. The Hall–Kier alpha value is -5.76. The molecule has 8 heteroatoms. The van der Waals surface area contributed by atoms with Crippen molar-refractivity contribution in [3.8, 4) is 0 Å². The van der Waals surface area contributed by atoms with Crippen LogP contribution in [0.4, 0.5) is 0 Å². The van der Waals surface area contributed by atoms with Crippen molar-refractivity contribution in [1.29, 1.82) is 0 Å². The zero-order valence-corrected chi connectivity index (χ0v) is 34.9. The van der Waals surface area contributed by atoms with Gasteiger partial charge in [-0.1, -0.05) is 98.8 Å². The van der Waals surface area contributed by atoms with E-state index in [1.54, 1.807) is 42.7 Å². The van der Waals surface area contributed by atoms with Crippen LogP contribution in [-0.4, -0.2) is 41.2 Å². The number of benzene rings is 3. The van der Waals surface area contributed by atoms with Crippen LogP contribution < -0.4 is 0 Å². The summed E-state index contributed by atoms with van der Waals surface area (Å²) in [6, 6.07) is 27.1. The molecule has 4 fully saturated rings. The van der Waals surface area contributed by atoms with Crippen LogP contribution in [-0.2, 0) is 19.6 Å². The molecule has 0 spiro atoms. The van der Waals surface area contributed by atoms with Gasteiger partial charge in [0.15, 0.2) is 0 Å². The Kier molecular flexibility index (Phi) is 11.9. The van der Waals surface area contributed by atoms with Crippen LogP contribution in [0.5, 0.6) is 0 Å². The maximum absolute atomic E-state index is 13.4. The summed E-state index contributed by atoms with van der Waals surface area (Å²) in [5, 5.41) is 0. The second-order valence-electron chi connectivity index (χ2n) is 17.5. The van der Waals surface area contributed by atoms with Crippen LogP contribution in [0.15, 0.2) is 149 Å². The number of allylic oxidation sites excluding steroid dienone is 4. The average Bonchev–Trinajstić information content (AvgIpc) is 3.82. The van der Waals surface area contributed by atoms with Crippen molar-refractivity contribution in [1.82, 2.24) is 4.98 Å². The zero-order chi connectivity index (χ0) is 41.9. The first-order valence-electron chi connectivity index (χ1n) is 21.5. The predicted molar refractivity (Wildman–Crippen MR) is 230 cm³/mol. The number of nitrogens with zero attached hydrogens (tertiary/aromatic N) is 1. The average molecular weight is 806 g/mol. The van der Waals surface area contributed by atoms with E-state index in [4.69, 9.17) is 18.6 Å². The molecule has 0 saturated heterocycles. The van der Waals surface area contributed by atoms with Gasteiger partial charge in [0.1, 0.15) is 24.6 Å². The summed E-state index contributed by atoms with van der Waals surface area (Å²) in [5.74, 6) is 0.550. The third-order valence-electron chi connectivity index (χ3n) is 13.7. The van der Waals surface area contributed by atoms with E-state index in [0.717, 1.165) is 61.8 Å². The minimum absolute atomic E-state index is 0.0879. The van der Waals surface area contributed by atoms with Gasteiger partial charge in [0.2, 0.25) is 5.89 Å². The minimum atomic E-state index is -0.636. The Morgan fingerprint density at radius 1 is 0.817 bits per heavy atom. The van der Waals surface area contributed by atoms with Gasteiger partial charge in [0, 0.05) is 12.8 Å². The van der Waals surface area contributed by atoms with Gasteiger partial charge in [-0.05, 0) is 129 Å². The Labute approximate surface area is 353 Å². The van der Waals surface area contributed by atoms with Crippen LogP contribution in [0.2, 0.25) is 0 Å². The largest absolute Gasteiger partial charge is 0.458 e. The normalized spacial score (nSPS) is 26.9. The van der Waals surface area contributed by atoms with Crippen molar-refractivity contribution < 1.29 is 33.0 Å². The molecule has 0 radical (unpaired) electrons. The number of hydrogen-bond donors (Lipinski definition) is 0. The van der Waals surface area contributed by atoms with Gasteiger partial charge in [-0.2, -0.15) is 0 Å². The third-order valence-corrected chi connectivity index (χ3v) is 13.7. The molecule has 8 nitrogen and oxygen atoms in total. The van der Waals surface area contributed by atoms with Crippen molar-refractivity contribution in [3.63, 3.8) is 0 Å². The summed E-state index contributed by atoms with van der Waals surface area (Å²) >= 11 is 0. The molecular formula is C52H55NO7. The number of carbonyl (C=O) groups excluding carboxylic acids is 3. The lowest BCUT2D eigenvalue weighted by Crippen LogP contribution is -2.36. The highest BCUT2D eigenvalue weighted by Gasteiger charge is 2.56. The minimum Gasteiger partial charge on any atom is -0.458 e. The molecule has 0 amide bonds. The number of rotatable bonds is 12. The molecule has 4 aliphatic rings. The van der Waals surface area contributed by atoms with Gasteiger partial charge < -0.3 is 18.6 Å². The Balaban J connectivity index is 1.01. The van der Waals surface area contributed by atoms with Crippen molar-refractivity contribution in [2.24, 2.45) is 23.2 Å². The molecule has 8 rings (SSSR count). The first kappa shape index (κ1) is 41.0. The fraction of sp³-hybridized carbons (Fsp3) is 0.385. The monoisotopic (exact) mass is 805 g/mol. The number of carbonyl (C=O) groups is 3. The maximum Gasteiger partial charge on any atom is 0.338 e. The van der Waals surface area contributed by atoms with E-state index in [1.807, 2.05) is 61.5 Å². The van der Waals surface area contributed by atoms with E-state index in [1.165, 1.54) is 5.57 Å². The van der Waals surface area contributed by atoms with Gasteiger partial charge in [-0.25, -0.2) is 19.4 Å². The summed E-state index contributed by atoms with van der Waals surface area (Å²) in [5.41, 5.74) is 4.99. The number of aryl methyl sites for hydroxylation is 1. The fourth-order valence-electron chi connectivity index (χ4n) is 10.2. The third kappa shape index (κ3) is 8.61. The number of oxazole rings is 1.